The Bertz CT molecular complexity index is 1080. The molecule has 0 bridgehead atoms. The summed E-state index contributed by atoms with van der Waals surface area (Å²) in [6.45, 7) is 10.3. The Kier molecular flexibility index (Phi) is 7.26. The molecule has 0 spiro atoms. The second-order valence-corrected chi connectivity index (χ2v) is 8.57. The molecule has 32 heavy (non-hydrogen) atoms. The van der Waals surface area contributed by atoms with Gasteiger partial charge in [-0.25, -0.2) is 0 Å². The number of rotatable bonds is 8. The lowest BCUT2D eigenvalue weighted by Gasteiger charge is -2.24. The molecule has 164 valence electrons. The van der Waals surface area contributed by atoms with Crippen molar-refractivity contribution in [3.8, 4) is 5.75 Å². The van der Waals surface area contributed by atoms with E-state index in [2.05, 4.69) is 27.4 Å². The van der Waals surface area contributed by atoms with Crippen LogP contribution in [-0.2, 0) is 10.2 Å². The monoisotopic (exact) mass is 427 g/mol. The van der Waals surface area contributed by atoms with Crippen molar-refractivity contribution >= 4 is 17.4 Å². The minimum Gasteiger partial charge on any atom is -0.484 e. The minimum atomic E-state index is -0.252. The second kappa shape index (κ2) is 10.1. The number of ketones is 1. The highest BCUT2D eigenvalue weighted by atomic mass is 16.5. The molecule has 0 aliphatic heterocycles. The first-order valence-electron chi connectivity index (χ1n) is 10.6. The van der Waals surface area contributed by atoms with Crippen LogP contribution in [0, 0.1) is 0 Å². The van der Waals surface area contributed by atoms with Crippen molar-refractivity contribution in [3.05, 3.63) is 108 Å². The smallest absolute Gasteiger partial charge is 0.265 e. The van der Waals surface area contributed by atoms with Crippen LogP contribution < -0.4 is 9.64 Å². The van der Waals surface area contributed by atoms with Gasteiger partial charge in [-0.05, 0) is 35.2 Å². The largest absolute Gasteiger partial charge is 0.484 e. The Labute approximate surface area is 190 Å². The van der Waals surface area contributed by atoms with Gasteiger partial charge in [0.1, 0.15) is 5.75 Å². The Morgan fingerprint density at radius 1 is 0.906 bits per heavy atom. The lowest BCUT2D eigenvalue weighted by Crippen LogP contribution is -2.36. The van der Waals surface area contributed by atoms with Gasteiger partial charge in [0.2, 0.25) is 0 Å². The fourth-order valence-electron chi connectivity index (χ4n) is 3.38. The van der Waals surface area contributed by atoms with Crippen molar-refractivity contribution in [1.82, 2.24) is 0 Å². The van der Waals surface area contributed by atoms with E-state index in [-0.39, 0.29) is 30.3 Å². The third kappa shape index (κ3) is 5.52. The summed E-state index contributed by atoms with van der Waals surface area (Å²) in [5.41, 5.74) is 2.81. The van der Waals surface area contributed by atoms with Gasteiger partial charge in [0.05, 0.1) is 5.69 Å². The van der Waals surface area contributed by atoms with E-state index in [0.717, 1.165) is 0 Å². The number of hydrogen-bond acceptors (Lipinski definition) is 3. The van der Waals surface area contributed by atoms with Crippen LogP contribution in [0.5, 0.6) is 5.75 Å². The summed E-state index contributed by atoms with van der Waals surface area (Å²) >= 11 is 0. The van der Waals surface area contributed by atoms with Crippen LogP contribution in [-0.4, -0.2) is 24.8 Å². The predicted octanol–water partition coefficient (Wildman–Crippen LogP) is 5.81. The Hall–Kier alpha value is -3.66. The molecule has 3 aromatic carbocycles. The molecular formula is C28H29NO3. The first-order valence-corrected chi connectivity index (χ1v) is 10.6. The summed E-state index contributed by atoms with van der Waals surface area (Å²) in [5, 5.41) is 0. The number of carbonyl (C=O) groups is 2. The van der Waals surface area contributed by atoms with E-state index in [1.54, 1.807) is 36.4 Å². The van der Waals surface area contributed by atoms with E-state index in [1.165, 1.54) is 10.5 Å². The number of amides is 1. The van der Waals surface area contributed by atoms with Gasteiger partial charge in [-0.15, -0.1) is 6.58 Å². The molecule has 0 N–H and O–H groups in total. The Morgan fingerprint density at radius 2 is 1.53 bits per heavy atom. The molecule has 0 saturated carbocycles. The molecule has 0 unspecified atom stereocenters. The second-order valence-electron chi connectivity index (χ2n) is 8.57. The van der Waals surface area contributed by atoms with E-state index < -0.39 is 0 Å². The minimum absolute atomic E-state index is 0.0457. The molecule has 1 amide bonds. The number of anilines is 1. The molecule has 4 heteroatoms. The first-order chi connectivity index (χ1) is 15.3. The number of carbonyl (C=O) groups excluding carboxylic acids is 2. The maximum atomic E-state index is 13.1. The third-order valence-corrected chi connectivity index (χ3v) is 5.17. The summed E-state index contributed by atoms with van der Waals surface area (Å²) in [7, 11) is 0. The summed E-state index contributed by atoms with van der Waals surface area (Å²) in [6.07, 6.45) is 1.64. The maximum Gasteiger partial charge on any atom is 0.265 e. The fourth-order valence-corrected chi connectivity index (χ4v) is 3.38. The Balaban J connectivity index is 1.80. The number of hydrogen-bond donors (Lipinski definition) is 0. The number of nitrogens with zero attached hydrogens (tertiary/aromatic N) is 1. The zero-order valence-electron chi connectivity index (χ0n) is 18.9. The van der Waals surface area contributed by atoms with Gasteiger partial charge >= 0.3 is 0 Å². The highest BCUT2D eigenvalue weighted by Crippen LogP contribution is 2.26. The van der Waals surface area contributed by atoms with Gasteiger partial charge in [0, 0.05) is 17.7 Å². The SMILES string of the molecule is C=CCN(C(=O)COc1ccc(C(C)(C)C)cc1)c1ccccc1C(=O)c1ccccc1. The van der Waals surface area contributed by atoms with Crippen LogP contribution in [0.15, 0.2) is 91.5 Å². The standard InChI is InChI=1S/C28H29NO3/c1-5-19-29(26(30)20-32-23-17-15-22(16-18-23)28(2,3)4)25-14-10-9-13-24(25)27(31)21-11-7-6-8-12-21/h5-18H,1,19-20H2,2-4H3. The van der Waals surface area contributed by atoms with Crippen molar-refractivity contribution in [1.29, 1.82) is 0 Å². The molecule has 0 radical (unpaired) electrons. The van der Waals surface area contributed by atoms with E-state index in [1.807, 2.05) is 48.5 Å². The predicted molar refractivity (Wildman–Crippen MR) is 130 cm³/mol. The summed E-state index contributed by atoms with van der Waals surface area (Å²) < 4.78 is 5.76. The summed E-state index contributed by atoms with van der Waals surface area (Å²) in [5.74, 6) is 0.235. The van der Waals surface area contributed by atoms with E-state index >= 15 is 0 Å². The van der Waals surface area contributed by atoms with Gasteiger partial charge in [-0.1, -0.05) is 81.4 Å². The van der Waals surface area contributed by atoms with Crippen molar-refractivity contribution in [2.45, 2.75) is 26.2 Å². The third-order valence-electron chi connectivity index (χ3n) is 5.17. The topological polar surface area (TPSA) is 46.6 Å². The van der Waals surface area contributed by atoms with Gasteiger partial charge in [0.25, 0.3) is 5.91 Å². The number of para-hydroxylation sites is 1. The molecule has 0 aromatic heterocycles. The van der Waals surface area contributed by atoms with E-state index in [9.17, 15) is 9.59 Å². The highest BCUT2D eigenvalue weighted by molar-refractivity contribution is 6.14. The van der Waals surface area contributed by atoms with Gasteiger partial charge < -0.3 is 9.64 Å². The van der Waals surface area contributed by atoms with Crippen LogP contribution >= 0.6 is 0 Å². The van der Waals surface area contributed by atoms with Gasteiger partial charge in [-0.2, -0.15) is 0 Å². The summed E-state index contributed by atoms with van der Waals surface area (Å²) in [6, 6.07) is 23.9. The van der Waals surface area contributed by atoms with E-state index in [0.29, 0.717) is 22.6 Å². The normalized spacial score (nSPS) is 11.0. The zero-order chi connectivity index (χ0) is 23.1. The molecule has 3 rings (SSSR count). The molecule has 0 aliphatic rings. The molecule has 0 aliphatic carbocycles. The van der Waals surface area contributed by atoms with Gasteiger partial charge in [0.15, 0.2) is 12.4 Å². The lowest BCUT2D eigenvalue weighted by atomic mass is 9.87. The van der Waals surface area contributed by atoms with Gasteiger partial charge in [-0.3, -0.25) is 9.59 Å². The molecule has 3 aromatic rings. The van der Waals surface area contributed by atoms with Crippen LogP contribution in [0.3, 0.4) is 0 Å². The van der Waals surface area contributed by atoms with Crippen LogP contribution in [0.2, 0.25) is 0 Å². The quantitative estimate of drug-likeness (QED) is 0.336. The molecular weight excluding hydrogens is 398 g/mol. The Morgan fingerprint density at radius 3 is 2.16 bits per heavy atom. The van der Waals surface area contributed by atoms with Crippen molar-refractivity contribution in [3.63, 3.8) is 0 Å². The highest BCUT2D eigenvalue weighted by Gasteiger charge is 2.22. The zero-order valence-corrected chi connectivity index (χ0v) is 18.9. The molecule has 0 fully saturated rings. The van der Waals surface area contributed by atoms with Crippen molar-refractivity contribution in [2.75, 3.05) is 18.1 Å². The van der Waals surface area contributed by atoms with Crippen LogP contribution in [0.25, 0.3) is 0 Å². The number of benzene rings is 3. The molecule has 0 atom stereocenters. The maximum absolute atomic E-state index is 13.1. The van der Waals surface area contributed by atoms with Crippen molar-refractivity contribution in [2.24, 2.45) is 0 Å². The van der Waals surface area contributed by atoms with Crippen LogP contribution in [0.4, 0.5) is 5.69 Å². The molecule has 0 heterocycles. The summed E-state index contributed by atoms with van der Waals surface area (Å²) in [4.78, 5) is 27.7. The fraction of sp³-hybridized carbons (Fsp3) is 0.214. The number of ether oxygens (including phenoxy) is 1. The van der Waals surface area contributed by atoms with E-state index in [4.69, 9.17) is 4.74 Å². The molecule has 4 nitrogen and oxygen atoms in total. The molecule has 0 saturated heterocycles. The average Bonchev–Trinajstić information content (AvgIpc) is 2.81. The lowest BCUT2D eigenvalue weighted by molar-refractivity contribution is -0.120. The first kappa shape index (κ1) is 23.0. The average molecular weight is 428 g/mol. The van der Waals surface area contributed by atoms with Crippen LogP contribution in [0.1, 0.15) is 42.3 Å². The van der Waals surface area contributed by atoms with Crippen molar-refractivity contribution < 1.29 is 14.3 Å².